The Morgan fingerprint density at radius 1 is 1.29 bits per heavy atom. The van der Waals surface area contributed by atoms with Crippen molar-refractivity contribution in [1.29, 1.82) is 0 Å². The number of piperidine rings is 1. The number of nitrogens with zero attached hydrogens (tertiary/aromatic N) is 1. The summed E-state index contributed by atoms with van der Waals surface area (Å²) in [6.07, 6.45) is 3.75. The Balaban J connectivity index is 2.01. The molecule has 21 heavy (non-hydrogen) atoms. The van der Waals surface area contributed by atoms with Crippen LogP contribution in [-0.2, 0) is 10.0 Å². The number of rotatable bonds is 6. The first kappa shape index (κ1) is 16.3. The summed E-state index contributed by atoms with van der Waals surface area (Å²) in [7, 11) is -1.32. The smallest absolute Gasteiger partial charge is 0.240 e. The van der Waals surface area contributed by atoms with Gasteiger partial charge < -0.3 is 10.2 Å². The van der Waals surface area contributed by atoms with Crippen LogP contribution in [0.15, 0.2) is 29.2 Å². The maximum absolute atomic E-state index is 11.9. The number of nitrogens with one attached hydrogen (secondary N) is 2. The molecule has 1 heterocycles. The molecule has 0 spiro atoms. The van der Waals surface area contributed by atoms with E-state index < -0.39 is 10.0 Å². The molecule has 0 aromatic heterocycles. The lowest BCUT2D eigenvalue weighted by Gasteiger charge is -2.29. The molecule has 0 aliphatic carbocycles. The largest absolute Gasteiger partial charge is 0.373 e. The van der Waals surface area contributed by atoms with Crippen LogP contribution in [0, 0.1) is 0 Å². The average molecular weight is 311 g/mol. The lowest BCUT2D eigenvalue weighted by atomic mass is 10.0. The molecule has 1 saturated heterocycles. The van der Waals surface area contributed by atoms with Crippen molar-refractivity contribution < 1.29 is 8.42 Å². The van der Waals surface area contributed by atoms with Crippen LogP contribution >= 0.6 is 0 Å². The van der Waals surface area contributed by atoms with Gasteiger partial charge in [0, 0.05) is 31.9 Å². The molecular formula is C15H25N3O2S. The molecule has 1 aromatic rings. The predicted octanol–water partition coefficient (Wildman–Crippen LogP) is 1.56. The second-order valence-corrected chi connectivity index (χ2v) is 7.29. The first-order valence-electron chi connectivity index (χ1n) is 7.57. The molecule has 2 N–H and O–H groups in total. The van der Waals surface area contributed by atoms with E-state index >= 15 is 0 Å². The third-order valence-electron chi connectivity index (χ3n) is 3.83. The molecule has 1 atom stereocenters. The van der Waals surface area contributed by atoms with Gasteiger partial charge in [0.05, 0.1) is 4.90 Å². The van der Waals surface area contributed by atoms with Gasteiger partial charge in [-0.2, -0.15) is 0 Å². The summed E-state index contributed by atoms with van der Waals surface area (Å²) in [6, 6.07) is 7.59. The van der Waals surface area contributed by atoms with Crippen molar-refractivity contribution in [1.82, 2.24) is 10.0 Å². The molecule has 1 fully saturated rings. The normalized spacial score (nSPS) is 19.4. The summed E-state index contributed by atoms with van der Waals surface area (Å²) < 4.78 is 26.3. The van der Waals surface area contributed by atoms with E-state index in [1.165, 1.54) is 19.3 Å². The zero-order chi connectivity index (χ0) is 15.3. The van der Waals surface area contributed by atoms with E-state index in [-0.39, 0.29) is 0 Å². The van der Waals surface area contributed by atoms with Gasteiger partial charge in [0.25, 0.3) is 0 Å². The number of likely N-dealkylation sites (N-methyl/N-ethyl adjacent to an activating group) is 1. The molecule has 118 valence electrons. The van der Waals surface area contributed by atoms with E-state index in [0.29, 0.717) is 17.5 Å². The number of hydrogen-bond donors (Lipinski definition) is 2. The molecule has 0 radical (unpaired) electrons. The number of benzene rings is 1. The fourth-order valence-electron chi connectivity index (χ4n) is 2.67. The lowest BCUT2D eigenvalue weighted by molar-refractivity contribution is 0.403. The SMILES string of the molecule is CCNS(=O)(=O)c1ccc(N(C)CC2CCCCN2)cc1. The van der Waals surface area contributed by atoms with Crippen LogP contribution in [0.2, 0.25) is 0 Å². The molecule has 1 unspecified atom stereocenters. The van der Waals surface area contributed by atoms with Gasteiger partial charge in [-0.1, -0.05) is 13.3 Å². The standard InChI is InChI=1S/C15H25N3O2S/c1-3-17-21(19,20)15-9-7-14(8-10-15)18(2)12-13-6-4-5-11-16-13/h7-10,13,16-17H,3-6,11-12H2,1-2H3. The van der Waals surface area contributed by atoms with Crippen molar-refractivity contribution >= 4 is 15.7 Å². The van der Waals surface area contributed by atoms with Crippen molar-refractivity contribution in [3.63, 3.8) is 0 Å². The second-order valence-electron chi connectivity index (χ2n) is 5.52. The van der Waals surface area contributed by atoms with Gasteiger partial charge in [0.2, 0.25) is 10.0 Å². The minimum atomic E-state index is -3.36. The van der Waals surface area contributed by atoms with Gasteiger partial charge in [-0.05, 0) is 43.7 Å². The van der Waals surface area contributed by atoms with Crippen LogP contribution in [0.3, 0.4) is 0 Å². The zero-order valence-electron chi connectivity index (χ0n) is 12.8. The second kappa shape index (κ2) is 7.24. The maximum Gasteiger partial charge on any atom is 0.240 e. The monoisotopic (exact) mass is 311 g/mol. The van der Waals surface area contributed by atoms with Crippen LogP contribution in [0.5, 0.6) is 0 Å². The summed E-state index contributed by atoms with van der Waals surface area (Å²) in [5.41, 5.74) is 1.04. The Bertz CT molecular complexity index is 537. The van der Waals surface area contributed by atoms with Gasteiger partial charge in [-0.25, -0.2) is 13.1 Å². The van der Waals surface area contributed by atoms with Gasteiger partial charge in [-0.3, -0.25) is 0 Å². The van der Waals surface area contributed by atoms with Crippen molar-refractivity contribution in [2.24, 2.45) is 0 Å². The quantitative estimate of drug-likeness (QED) is 0.837. The van der Waals surface area contributed by atoms with Gasteiger partial charge in [-0.15, -0.1) is 0 Å². The van der Waals surface area contributed by atoms with E-state index in [1.807, 2.05) is 19.2 Å². The Morgan fingerprint density at radius 2 is 2.00 bits per heavy atom. The molecule has 1 aliphatic rings. The molecule has 1 aliphatic heterocycles. The first-order valence-corrected chi connectivity index (χ1v) is 9.05. The molecule has 0 saturated carbocycles. The van der Waals surface area contributed by atoms with Crippen LogP contribution < -0.4 is 14.9 Å². The molecule has 0 bridgehead atoms. The van der Waals surface area contributed by atoms with Crippen LogP contribution in [0.1, 0.15) is 26.2 Å². The van der Waals surface area contributed by atoms with Crippen molar-refractivity contribution in [2.75, 3.05) is 31.6 Å². The Kier molecular flexibility index (Phi) is 5.61. The number of hydrogen-bond acceptors (Lipinski definition) is 4. The van der Waals surface area contributed by atoms with Crippen LogP contribution in [0.25, 0.3) is 0 Å². The molecule has 6 heteroatoms. The number of anilines is 1. The third-order valence-corrected chi connectivity index (χ3v) is 5.39. The lowest BCUT2D eigenvalue weighted by Crippen LogP contribution is -2.42. The summed E-state index contributed by atoms with van der Waals surface area (Å²) in [5.74, 6) is 0. The molecule has 0 amide bonds. The fourth-order valence-corrected chi connectivity index (χ4v) is 3.71. The maximum atomic E-state index is 11.9. The van der Waals surface area contributed by atoms with Crippen LogP contribution in [0.4, 0.5) is 5.69 Å². The Morgan fingerprint density at radius 3 is 2.57 bits per heavy atom. The topological polar surface area (TPSA) is 61.4 Å². The summed E-state index contributed by atoms with van der Waals surface area (Å²) in [6.45, 7) is 4.21. The van der Waals surface area contributed by atoms with Crippen molar-refractivity contribution in [3.8, 4) is 0 Å². The third kappa shape index (κ3) is 4.43. The summed E-state index contributed by atoms with van der Waals surface area (Å²) in [4.78, 5) is 2.49. The molecular weight excluding hydrogens is 286 g/mol. The summed E-state index contributed by atoms with van der Waals surface area (Å²) in [5, 5.41) is 3.52. The summed E-state index contributed by atoms with van der Waals surface area (Å²) >= 11 is 0. The molecule has 1 aromatic carbocycles. The van der Waals surface area contributed by atoms with Gasteiger partial charge in [0.15, 0.2) is 0 Å². The van der Waals surface area contributed by atoms with Crippen LogP contribution in [-0.4, -0.2) is 41.1 Å². The zero-order valence-corrected chi connectivity index (χ0v) is 13.6. The van der Waals surface area contributed by atoms with E-state index in [9.17, 15) is 8.42 Å². The highest BCUT2D eigenvalue weighted by atomic mass is 32.2. The highest BCUT2D eigenvalue weighted by Crippen LogP contribution is 2.18. The highest BCUT2D eigenvalue weighted by molar-refractivity contribution is 7.89. The highest BCUT2D eigenvalue weighted by Gasteiger charge is 2.16. The van der Waals surface area contributed by atoms with Gasteiger partial charge >= 0.3 is 0 Å². The minimum Gasteiger partial charge on any atom is -0.373 e. The van der Waals surface area contributed by atoms with E-state index in [0.717, 1.165) is 18.8 Å². The Hall–Kier alpha value is -1.11. The fraction of sp³-hybridized carbons (Fsp3) is 0.600. The van der Waals surface area contributed by atoms with Crippen molar-refractivity contribution in [3.05, 3.63) is 24.3 Å². The minimum absolute atomic E-state index is 0.317. The number of sulfonamides is 1. The van der Waals surface area contributed by atoms with Gasteiger partial charge in [0.1, 0.15) is 0 Å². The van der Waals surface area contributed by atoms with E-state index in [1.54, 1.807) is 19.1 Å². The Labute approximate surface area is 127 Å². The average Bonchev–Trinajstić information content (AvgIpc) is 2.48. The molecule has 5 nitrogen and oxygen atoms in total. The van der Waals surface area contributed by atoms with Crippen molar-refractivity contribution in [2.45, 2.75) is 37.1 Å². The molecule has 2 rings (SSSR count). The van der Waals surface area contributed by atoms with E-state index in [2.05, 4.69) is 14.9 Å². The predicted molar refractivity (Wildman–Crippen MR) is 86.2 cm³/mol. The van der Waals surface area contributed by atoms with E-state index in [4.69, 9.17) is 0 Å². The first-order chi connectivity index (χ1) is 10.0.